The molecule has 0 aromatic rings. The number of nitrogens with two attached hydrogens (primary N) is 1. The Kier molecular flexibility index (Phi) is 1.82. The molecule has 0 radical (unpaired) electrons. The van der Waals surface area contributed by atoms with E-state index in [4.69, 9.17) is 15.9 Å². The van der Waals surface area contributed by atoms with Crippen molar-refractivity contribution >= 4 is 11.9 Å². The van der Waals surface area contributed by atoms with Gasteiger partial charge in [-0.15, -0.1) is 0 Å². The van der Waals surface area contributed by atoms with Gasteiger partial charge in [-0.3, -0.25) is 9.59 Å². The number of rotatable bonds is 2. The topological polar surface area (TPSA) is 101 Å². The second kappa shape index (κ2) is 2.70. The number of aliphatic carboxylic acids is 2. The van der Waals surface area contributed by atoms with E-state index in [1.807, 2.05) is 0 Å². The molecule has 0 saturated heterocycles. The standard InChI is InChI=1S/C9H13NO4/c10-9(8(13)14)5-2-1-4(3-5)6(9)7(11)12/h4-6H,1-3,10H2,(H,11,12)(H,13,14)/t4-,5+,6-,9-/m0/s1. The molecule has 2 aliphatic rings. The van der Waals surface area contributed by atoms with E-state index in [9.17, 15) is 9.59 Å². The lowest BCUT2D eigenvalue weighted by Crippen LogP contribution is -2.60. The van der Waals surface area contributed by atoms with Crippen LogP contribution in [0.4, 0.5) is 0 Å². The van der Waals surface area contributed by atoms with Gasteiger partial charge in [-0.25, -0.2) is 0 Å². The van der Waals surface area contributed by atoms with Crippen LogP contribution in [-0.4, -0.2) is 27.7 Å². The smallest absolute Gasteiger partial charge is 0.324 e. The monoisotopic (exact) mass is 199 g/mol. The molecule has 5 heteroatoms. The zero-order chi connectivity index (χ0) is 10.5. The van der Waals surface area contributed by atoms with Gasteiger partial charge in [0.2, 0.25) is 0 Å². The largest absolute Gasteiger partial charge is 0.481 e. The lowest BCUT2D eigenvalue weighted by atomic mass is 9.73. The van der Waals surface area contributed by atoms with Crippen molar-refractivity contribution in [3.63, 3.8) is 0 Å². The summed E-state index contributed by atoms with van der Waals surface area (Å²) in [5.74, 6) is -3.34. The maximum Gasteiger partial charge on any atom is 0.324 e. The minimum Gasteiger partial charge on any atom is -0.481 e. The maximum atomic E-state index is 11.0. The molecule has 2 aliphatic carbocycles. The Labute approximate surface area is 80.9 Å². The molecule has 78 valence electrons. The van der Waals surface area contributed by atoms with E-state index in [0.29, 0.717) is 6.42 Å². The van der Waals surface area contributed by atoms with Gasteiger partial charge in [0.15, 0.2) is 0 Å². The van der Waals surface area contributed by atoms with Gasteiger partial charge < -0.3 is 15.9 Å². The molecular weight excluding hydrogens is 186 g/mol. The normalized spacial score (nSPS) is 45.4. The zero-order valence-electron chi connectivity index (χ0n) is 7.64. The number of carboxylic acids is 2. The summed E-state index contributed by atoms with van der Waals surface area (Å²) >= 11 is 0. The van der Waals surface area contributed by atoms with Crippen LogP contribution < -0.4 is 5.73 Å². The lowest BCUT2D eigenvalue weighted by Gasteiger charge is -2.34. The molecule has 2 bridgehead atoms. The average molecular weight is 199 g/mol. The fourth-order valence-electron chi connectivity index (χ4n) is 3.11. The van der Waals surface area contributed by atoms with Crippen LogP contribution in [0, 0.1) is 17.8 Å². The van der Waals surface area contributed by atoms with Crippen molar-refractivity contribution < 1.29 is 19.8 Å². The summed E-state index contributed by atoms with van der Waals surface area (Å²) in [5.41, 5.74) is 4.22. The SMILES string of the molecule is N[C@@]1(C(=O)O)[C@@H]2CC[C@@H](C2)[C@H]1C(=O)O. The van der Waals surface area contributed by atoms with Crippen LogP contribution in [0.3, 0.4) is 0 Å². The average Bonchev–Trinajstić information content (AvgIpc) is 2.61. The number of hydrogen-bond acceptors (Lipinski definition) is 3. The fraction of sp³-hybridized carbons (Fsp3) is 0.778. The zero-order valence-corrected chi connectivity index (χ0v) is 7.64. The Bertz CT molecular complexity index is 303. The predicted octanol–water partition coefficient (Wildman–Crippen LogP) is -0.101. The van der Waals surface area contributed by atoms with Gasteiger partial charge in [0, 0.05) is 0 Å². The molecule has 0 amide bonds. The van der Waals surface area contributed by atoms with Gasteiger partial charge in [0.05, 0.1) is 5.92 Å². The number of carbonyl (C=O) groups is 2. The Morgan fingerprint density at radius 3 is 2.36 bits per heavy atom. The van der Waals surface area contributed by atoms with E-state index in [2.05, 4.69) is 0 Å². The van der Waals surface area contributed by atoms with E-state index in [1.54, 1.807) is 0 Å². The summed E-state index contributed by atoms with van der Waals surface area (Å²) in [6.07, 6.45) is 2.20. The second-order valence-corrected chi connectivity index (χ2v) is 4.32. The minimum absolute atomic E-state index is 0.0430. The third-order valence-electron chi connectivity index (χ3n) is 3.77. The van der Waals surface area contributed by atoms with Gasteiger partial charge in [0.1, 0.15) is 5.54 Å². The highest BCUT2D eigenvalue weighted by molar-refractivity contribution is 5.88. The predicted molar refractivity (Wildman–Crippen MR) is 46.5 cm³/mol. The van der Waals surface area contributed by atoms with Gasteiger partial charge in [-0.1, -0.05) is 0 Å². The number of fused-ring (bicyclic) bond motifs is 2. The molecule has 0 heterocycles. The summed E-state index contributed by atoms with van der Waals surface area (Å²) in [6.45, 7) is 0. The Balaban J connectivity index is 2.39. The summed E-state index contributed by atoms with van der Waals surface area (Å²) in [5, 5.41) is 18.0. The molecule has 4 atom stereocenters. The van der Waals surface area contributed by atoms with Gasteiger partial charge >= 0.3 is 11.9 Å². The number of hydrogen-bond donors (Lipinski definition) is 3. The van der Waals surface area contributed by atoms with Crippen LogP contribution in [-0.2, 0) is 9.59 Å². The molecule has 2 rings (SSSR count). The Hall–Kier alpha value is -1.10. The van der Waals surface area contributed by atoms with E-state index >= 15 is 0 Å². The molecule has 0 aromatic heterocycles. The molecule has 2 saturated carbocycles. The van der Waals surface area contributed by atoms with Crippen molar-refractivity contribution in [1.82, 2.24) is 0 Å². The van der Waals surface area contributed by atoms with Crippen molar-refractivity contribution in [1.29, 1.82) is 0 Å². The van der Waals surface area contributed by atoms with E-state index in [1.165, 1.54) is 0 Å². The second-order valence-electron chi connectivity index (χ2n) is 4.32. The minimum atomic E-state index is -1.53. The molecule has 0 aromatic carbocycles. The van der Waals surface area contributed by atoms with E-state index in [0.717, 1.165) is 12.8 Å². The third kappa shape index (κ3) is 0.930. The summed E-state index contributed by atoms with van der Waals surface area (Å²) in [4.78, 5) is 22.0. The first-order valence-electron chi connectivity index (χ1n) is 4.73. The summed E-state index contributed by atoms with van der Waals surface area (Å²) in [6, 6.07) is 0. The highest BCUT2D eigenvalue weighted by atomic mass is 16.4. The molecular formula is C9H13NO4. The molecule has 0 unspecified atom stereocenters. The first-order valence-corrected chi connectivity index (χ1v) is 4.73. The van der Waals surface area contributed by atoms with Crippen molar-refractivity contribution in [2.45, 2.75) is 24.8 Å². The highest BCUT2D eigenvalue weighted by Gasteiger charge is 2.63. The van der Waals surface area contributed by atoms with Crippen molar-refractivity contribution in [3.8, 4) is 0 Å². The lowest BCUT2D eigenvalue weighted by molar-refractivity contribution is -0.158. The van der Waals surface area contributed by atoms with Crippen molar-refractivity contribution in [3.05, 3.63) is 0 Å². The molecule has 4 N–H and O–H groups in total. The van der Waals surface area contributed by atoms with Gasteiger partial charge in [-0.05, 0) is 31.1 Å². The third-order valence-corrected chi connectivity index (χ3v) is 3.77. The summed E-state index contributed by atoms with van der Waals surface area (Å²) < 4.78 is 0. The Morgan fingerprint density at radius 1 is 1.29 bits per heavy atom. The van der Waals surface area contributed by atoms with Crippen molar-refractivity contribution in [2.75, 3.05) is 0 Å². The Morgan fingerprint density at radius 2 is 1.93 bits per heavy atom. The first kappa shape index (κ1) is 9.45. The van der Waals surface area contributed by atoms with E-state index in [-0.39, 0.29) is 11.8 Å². The van der Waals surface area contributed by atoms with Crippen LogP contribution in [0.15, 0.2) is 0 Å². The molecule has 14 heavy (non-hydrogen) atoms. The molecule has 0 aliphatic heterocycles. The van der Waals surface area contributed by atoms with Crippen LogP contribution in [0.1, 0.15) is 19.3 Å². The first-order chi connectivity index (χ1) is 6.48. The number of carboxylic acid groups (broad SMARTS) is 2. The molecule has 2 fully saturated rings. The van der Waals surface area contributed by atoms with Crippen LogP contribution in [0.5, 0.6) is 0 Å². The maximum absolute atomic E-state index is 11.0. The quantitative estimate of drug-likeness (QED) is 0.576. The van der Waals surface area contributed by atoms with Crippen LogP contribution in [0.25, 0.3) is 0 Å². The summed E-state index contributed by atoms with van der Waals surface area (Å²) in [7, 11) is 0. The van der Waals surface area contributed by atoms with E-state index < -0.39 is 23.4 Å². The van der Waals surface area contributed by atoms with Crippen LogP contribution >= 0.6 is 0 Å². The van der Waals surface area contributed by atoms with Crippen molar-refractivity contribution in [2.24, 2.45) is 23.5 Å². The van der Waals surface area contributed by atoms with Gasteiger partial charge in [0.25, 0.3) is 0 Å². The molecule has 0 spiro atoms. The van der Waals surface area contributed by atoms with Crippen LogP contribution in [0.2, 0.25) is 0 Å². The van der Waals surface area contributed by atoms with Gasteiger partial charge in [-0.2, -0.15) is 0 Å². The highest BCUT2D eigenvalue weighted by Crippen LogP contribution is 2.53. The molecule has 5 nitrogen and oxygen atoms in total. The fourth-order valence-corrected chi connectivity index (χ4v) is 3.11.